The van der Waals surface area contributed by atoms with Gasteiger partial charge in [-0.15, -0.1) is 0 Å². The van der Waals surface area contributed by atoms with Gasteiger partial charge in [0.25, 0.3) is 5.91 Å². The average molecular weight is 328 g/mol. The number of ether oxygens (including phenoxy) is 1. The molecule has 0 aliphatic rings. The monoisotopic (exact) mass is 328 g/mol. The molecule has 6 heteroatoms. The van der Waals surface area contributed by atoms with Gasteiger partial charge in [-0.2, -0.15) is 0 Å². The van der Waals surface area contributed by atoms with Gasteiger partial charge in [-0.3, -0.25) is 9.59 Å². The summed E-state index contributed by atoms with van der Waals surface area (Å²) in [4.78, 5) is 27.7. The van der Waals surface area contributed by atoms with E-state index < -0.39 is 17.8 Å². The molecule has 24 heavy (non-hydrogen) atoms. The van der Waals surface area contributed by atoms with Crippen LogP contribution in [0.2, 0.25) is 0 Å². The molecular formula is C18H20N2O4. The fourth-order valence-electron chi connectivity index (χ4n) is 2.27. The van der Waals surface area contributed by atoms with E-state index in [1.165, 1.54) is 6.20 Å². The standard InChI is InChI=1S/C18H20N2O4/c1-2-24-17-15(9-6-10-19-17)16(21)20-12-14(18(22)23)11-13-7-4-3-5-8-13/h3-10,14H,2,11-12H2,1H3,(H,20,21)(H,22,23). The van der Waals surface area contributed by atoms with Crippen LogP contribution in [0, 0.1) is 5.92 Å². The highest BCUT2D eigenvalue weighted by molar-refractivity contribution is 5.96. The van der Waals surface area contributed by atoms with Crippen molar-refractivity contribution in [2.75, 3.05) is 13.2 Å². The quantitative estimate of drug-likeness (QED) is 0.775. The molecule has 0 aliphatic heterocycles. The molecule has 6 nitrogen and oxygen atoms in total. The summed E-state index contributed by atoms with van der Waals surface area (Å²) in [7, 11) is 0. The van der Waals surface area contributed by atoms with Crippen molar-refractivity contribution in [2.24, 2.45) is 5.92 Å². The van der Waals surface area contributed by atoms with Crippen LogP contribution in [0.15, 0.2) is 48.7 Å². The number of carbonyl (C=O) groups excluding carboxylic acids is 1. The fraction of sp³-hybridized carbons (Fsp3) is 0.278. The summed E-state index contributed by atoms with van der Waals surface area (Å²) >= 11 is 0. The number of nitrogens with zero attached hydrogens (tertiary/aromatic N) is 1. The van der Waals surface area contributed by atoms with Crippen molar-refractivity contribution in [1.29, 1.82) is 0 Å². The zero-order valence-corrected chi connectivity index (χ0v) is 13.4. The highest BCUT2D eigenvalue weighted by Gasteiger charge is 2.20. The number of hydrogen-bond acceptors (Lipinski definition) is 4. The molecular weight excluding hydrogens is 308 g/mol. The maximum absolute atomic E-state index is 12.3. The van der Waals surface area contributed by atoms with E-state index in [1.54, 1.807) is 19.1 Å². The second-order valence-electron chi connectivity index (χ2n) is 5.22. The Morgan fingerprint density at radius 1 is 1.21 bits per heavy atom. The molecule has 126 valence electrons. The molecule has 1 aromatic carbocycles. The van der Waals surface area contributed by atoms with E-state index in [1.807, 2.05) is 30.3 Å². The normalized spacial score (nSPS) is 11.5. The van der Waals surface area contributed by atoms with Crippen LogP contribution in [0.25, 0.3) is 0 Å². The number of pyridine rings is 1. The highest BCUT2D eigenvalue weighted by Crippen LogP contribution is 2.14. The van der Waals surface area contributed by atoms with Crippen molar-refractivity contribution in [3.05, 3.63) is 59.8 Å². The molecule has 2 N–H and O–H groups in total. The van der Waals surface area contributed by atoms with E-state index in [-0.39, 0.29) is 12.4 Å². The van der Waals surface area contributed by atoms with Gasteiger partial charge in [0.2, 0.25) is 5.88 Å². The van der Waals surface area contributed by atoms with Crippen LogP contribution in [-0.2, 0) is 11.2 Å². The molecule has 0 fully saturated rings. The largest absolute Gasteiger partial charge is 0.481 e. The molecule has 2 rings (SSSR count). The predicted octanol–water partition coefficient (Wildman–Crippen LogP) is 2.15. The number of nitrogens with one attached hydrogen (secondary N) is 1. The highest BCUT2D eigenvalue weighted by atomic mass is 16.5. The molecule has 1 atom stereocenters. The Morgan fingerprint density at radius 3 is 2.62 bits per heavy atom. The van der Waals surface area contributed by atoms with Gasteiger partial charge in [-0.25, -0.2) is 4.98 Å². The lowest BCUT2D eigenvalue weighted by Crippen LogP contribution is -2.34. The maximum Gasteiger partial charge on any atom is 0.308 e. The van der Waals surface area contributed by atoms with Crippen LogP contribution in [0.4, 0.5) is 0 Å². The summed E-state index contributed by atoms with van der Waals surface area (Å²) in [5.41, 5.74) is 1.21. The first kappa shape index (κ1) is 17.5. The topological polar surface area (TPSA) is 88.5 Å². The van der Waals surface area contributed by atoms with Crippen molar-refractivity contribution in [3.8, 4) is 5.88 Å². The lowest BCUT2D eigenvalue weighted by molar-refractivity contribution is -0.141. The summed E-state index contributed by atoms with van der Waals surface area (Å²) in [6.07, 6.45) is 1.89. The van der Waals surface area contributed by atoms with Crippen molar-refractivity contribution < 1.29 is 19.4 Å². The maximum atomic E-state index is 12.3. The number of carbonyl (C=O) groups is 2. The van der Waals surface area contributed by atoms with Crippen LogP contribution < -0.4 is 10.1 Å². The van der Waals surface area contributed by atoms with E-state index in [0.717, 1.165) is 5.56 Å². The molecule has 1 unspecified atom stereocenters. The van der Waals surface area contributed by atoms with Crippen LogP contribution >= 0.6 is 0 Å². The average Bonchev–Trinajstić information content (AvgIpc) is 2.59. The Kier molecular flexibility index (Phi) is 6.31. The van der Waals surface area contributed by atoms with Gasteiger partial charge in [-0.1, -0.05) is 30.3 Å². The second-order valence-corrected chi connectivity index (χ2v) is 5.22. The smallest absolute Gasteiger partial charge is 0.308 e. The van der Waals surface area contributed by atoms with Gasteiger partial charge in [-0.05, 0) is 31.0 Å². The molecule has 0 spiro atoms. The van der Waals surface area contributed by atoms with Gasteiger partial charge < -0.3 is 15.2 Å². The van der Waals surface area contributed by atoms with Crippen molar-refractivity contribution in [2.45, 2.75) is 13.3 Å². The number of amides is 1. The van der Waals surface area contributed by atoms with Gasteiger partial charge in [0.15, 0.2) is 0 Å². The Bertz CT molecular complexity index is 688. The van der Waals surface area contributed by atoms with Gasteiger partial charge in [0.1, 0.15) is 5.56 Å². The van der Waals surface area contributed by atoms with E-state index in [4.69, 9.17) is 4.74 Å². The summed E-state index contributed by atoms with van der Waals surface area (Å²) in [5, 5.41) is 12.0. The minimum atomic E-state index is -0.949. The van der Waals surface area contributed by atoms with Gasteiger partial charge in [0, 0.05) is 12.7 Å². The molecule has 0 aliphatic carbocycles. The van der Waals surface area contributed by atoms with Crippen molar-refractivity contribution in [3.63, 3.8) is 0 Å². The molecule has 1 amide bonds. The molecule has 0 saturated heterocycles. The van der Waals surface area contributed by atoms with Gasteiger partial charge >= 0.3 is 5.97 Å². The summed E-state index contributed by atoms with van der Waals surface area (Å²) in [5.74, 6) is -1.81. The Labute approximate surface area is 140 Å². The number of benzene rings is 1. The van der Waals surface area contributed by atoms with Crippen LogP contribution in [0.1, 0.15) is 22.8 Å². The third-order valence-electron chi connectivity index (χ3n) is 3.48. The van der Waals surface area contributed by atoms with Gasteiger partial charge in [0.05, 0.1) is 12.5 Å². The SMILES string of the molecule is CCOc1ncccc1C(=O)NCC(Cc1ccccc1)C(=O)O. The number of aliphatic carboxylic acids is 1. The first-order valence-corrected chi connectivity index (χ1v) is 7.74. The van der Waals surface area contributed by atoms with Crippen LogP contribution in [-0.4, -0.2) is 35.1 Å². The fourth-order valence-corrected chi connectivity index (χ4v) is 2.27. The zero-order chi connectivity index (χ0) is 17.4. The Balaban J connectivity index is 2.01. The van der Waals surface area contributed by atoms with Crippen molar-refractivity contribution in [1.82, 2.24) is 10.3 Å². The minimum absolute atomic E-state index is 0.0313. The molecule has 0 bridgehead atoms. The lowest BCUT2D eigenvalue weighted by atomic mass is 9.99. The summed E-state index contributed by atoms with van der Waals surface area (Å²) in [6.45, 7) is 2.23. The number of hydrogen-bond donors (Lipinski definition) is 2. The third kappa shape index (κ3) is 4.81. The number of carboxylic acid groups (broad SMARTS) is 1. The Morgan fingerprint density at radius 2 is 1.96 bits per heavy atom. The second kappa shape index (κ2) is 8.67. The molecule has 1 heterocycles. The van der Waals surface area contributed by atoms with E-state index >= 15 is 0 Å². The summed E-state index contributed by atoms with van der Waals surface area (Å²) in [6, 6.07) is 12.6. The van der Waals surface area contributed by atoms with E-state index in [2.05, 4.69) is 10.3 Å². The van der Waals surface area contributed by atoms with Crippen molar-refractivity contribution >= 4 is 11.9 Å². The first-order chi connectivity index (χ1) is 11.6. The predicted molar refractivity (Wildman–Crippen MR) is 89.0 cm³/mol. The van der Waals surface area contributed by atoms with E-state index in [0.29, 0.717) is 18.6 Å². The molecule has 2 aromatic rings. The Hall–Kier alpha value is -2.89. The minimum Gasteiger partial charge on any atom is -0.481 e. The van der Waals surface area contributed by atoms with Crippen LogP contribution in [0.5, 0.6) is 5.88 Å². The molecule has 1 aromatic heterocycles. The number of carboxylic acids is 1. The van der Waals surface area contributed by atoms with Crippen LogP contribution in [0.3, 0.4) is 0 Å². The van der Waals surface area contributed by atoms with E-state index in [9.17, 15) is 14.7 Å². The third-order valence-corrected chi connectivity index (χ3v) is 3.48. The number of aromatic nitrogens is 1. The lowest BCUT2D eigenvalue weighted by Gasteiger charge is -2.14. The zero-order valence-electron chi connectivity index (χ0n) is 13.4. The molecule has 0 saturated carbocycles. The molecule has 0 radical (unpaired) electrons. The number of rotatable bonds is 8. The summed E-state index contributed by atoms with van der Waals surface area (Å²) < 4.78 is 5.32. The first-order valence-electron chi connectivity index (χ1n) is 7.74.